The van der Waals surface area contributed by atoms with Gasteiger partial charge in [-0.25, -0.2) is 0 Å². The Bertz CT molecular complexity index is 1140. The summed E-state index contributed by atoms with van der Waals surface area (Å²) >= 11 is 4.53. The standard InChI is InChI=1S/C13H9.C11H6BrO.S.Zr/c1-3-7-12-10(5-1)9-11-6-2-4-8-13(11)12;12-10-6-8-5-7-3-1-2-4-9(7)11(8)13-10;;/h1-7H,9H2;1-2,4-6,10H;;/q2*-1;;+2. The normalized spacial score (nSPS) is 16.6. The Kier molecular flexibility index (Phi) is 6.30. The molecule has 4 heteroatoms. The topological polar surface area (TPSA) is 9.23 Å². The second-order valence-electron chi connectivity index (χ2n) is 6.47. The van der Waals surface area contributed by atoms with Gasteiger partial charge in [0.1, 0.15) is 0 Å². The van der Waals surface area contributed by atoms with Crippen LogP contribution in [0.4, 0.5) is 0 Å². The van der Waals surface area contributed by atoms with Crippen molar-refractivity contribution in [3.05, 3.63) is 106 Å². The molecule has 0 N–H and O–H groups in total. The van der Waals surface area contributed by atoms with E-state index < -0.39 is 0 Å². The van der Waals surface area contributed by atoms with E-state index in [0.717, 1.165) is 45.3 Å². The number of hydrogen-bond donors (Lipinski definition) is 0. The Morgan fingerprint density at radius 1 is 0.964 bits per heavy atom. The van der Waals surface area contributed by atoms with Crippen molar-refractivity contribution in [3.8, 4) is 11.1 Å². The van der Waals surface area contributed by atoms with E-state index in [0.29, 0.717) is 0 Å². The minimum Gasteiger partial charge on any atom is -0.147 e. The Hall–Kier alpha value is -1.48. The molecule has 0 spiro atoms. The van der Waals surface area contributed by atoms with Crippen LogP contribution in [0.25, 0.3) is 23.0 Å². The zero-order chi connectivity index (χ0) is 19.5. The van der Waals surface area contributed by atoms with E-state index in [2.05, 4.69) is 91.5 Å². The first-order chi connectivity index (χ1) is 13.8. The van der Waals surface area contributed by atoms with Crippen LogP contribution in [0.5, 0.6) is 0 Å². The largest absolute Gasteiger partial charge is 0.147 e. The molecule has 1 atom stereocenters. The van der Waals surface area contributed by atoms with Crippen LogP contribution < -0.4 is 10.4 Å². The van der Waals surface area contributed by atoms with Gasteiger partial charge in [-0.05, 0) is 34.0 Å². The van der Waals surface area contributed by atoms with Gasteiger partial charge in [0.15, 0.2) is 5.01 Å². The smallest absolute Gasteiger partial charge is 0.0454 e. The molecule has 6 rings (SSSR count). The maximum Gasteiger partial charge on any atom is -0.0454 e. The van der Waals surface area contributed by atoms with Crippen molar-refractivity contribution in [2.45, 2.75) is 11.4 Å². The Balaban J connectivity index is 0.000000126. The first-order valence-corrected chi connectivity index (χ1v) is 13.2. The summed E-state index contributed by atoms with van der Waals surface area (Å²) in [5.41, 5.74) is 6.65. The van der Waals surface area contributed by atoms with Crippen molar-refractivity contribution in [1.29, 1.82) is 0 Å². The second kappa shape index (κ2) is 8.90. The van der Waals surface area contributed by atoms with E-state index in [1.807, 2.05) is 18.2 Å². The summed E-state index contributed by atoms with van der Waals surface area (Å²) in [6.07, 6.45) is 5.23. The van der Waals surface area contributed by atoms with Crippen molar-refractivity contribution < 1.29 is 27.4 Å². The molecule has 1 nitrogen and oxygen atoms in total. The summed E-state index contributed by atoms with van der Waals surface area (Å²) in [6.45, 7) is 0. The third kappa shape index (κ3) is 3.83. The van der Waals surface area contributed by atoms with Gasteiger partial charge in [-0.15, -0.1) is 71.0 Å². The maximum absolute atomic E-state index is 5.60. The molecule has 0 aromatic heterocycles. The predicted octanol–water partition coefficient (Wildman–Crippen LogP) is 4.77. The van der Waals surface area contributed by atoms with Crippen LogP contribution in [0.1, 0.15) is 11.1 Å². The van der Waals surface area contributed by atoms with Crippen LogP contribution in [-0.2, 0) is 33.8 Å². The molecule has 0 saturated carbocycles. The van der Waals surface area contributed by atoms with E-state index in [4.69, 9.17) is 4.74 Å². The summed E-state index contributed by atoms with van der Waals surface area (Å²) in [5.74, 6) is 0.980. The SMILES string of the molecule is BrC1C=C2C=c3[c-]cccc3=C2O1.[S]=[Zr+2].[c-]1cccc2c1-c1ccccc1C2. The summed E-state index contributed by atoms with van der Waals surface area (Å²) in [5, 5.41) is 2.31. The Morgan fingerprint density at radius 2 is 1.71 bits per heavy atom. The van der Waals surface area contributed by atoms with Gasteiger partial charge in [0, 0.05) is 0 Å². The molecular formula is C24H15BrOSZr. The summed E-state index contributed by atoms with van der Waals surface area (Å²) in [6, 6.07) is 27.2. The molecule has 3 aromatic rings. The third-order valence-corrected chi connectivity index (χ3v) is 5.30. The van der Waals surface area contributed by atoms with E-state index in [9.17, 15) is 0 Å². The van der Waals surface area contributed by atoms with Crippen LogP contribution >= 0.6 is 24.8 Å². The average molecular weight is 523 g/mol. The molecule has 0 bridgehead atoms. The molecule has 1 unspecified atom stereocenters. The van der Waals surface area contributed by atoms with E-state index >= 15 is 0 Å². The monoisotopic (exact) mass is 520 g/mol. The fourth-order valence-electron chi connectivity index (χ4n) is 3.68. The number of alkyl halides is 1. The molecule has 1 aliphatic heterocycles. The molecular weight excluding hydrogens is 507 g/mol. The number of hydrogen-bond acceptors (Lipinski definition) is 2. The number of ether oxygens (including phenoxy) is 1. The molecule has 0 radical (unpaired) electrons. The fourth-order valence-corrected chi connectivity index (χ4v) is 4.15. The van der Waals surface area contributed by atoms with Gasteiger partial charge in [-0.2, -0.15) is 0 Å². The van der Waals surface area contributed by atoms with Gasteiger partial charge in [0.2, 0.25) is 0 Å². The Labute approximate surface area is 191 Å². The van der Waals surface area contributed by atoms with Crippen molar-refractivity contribution in [2.24, 2.45) is 0 Å². The van der Waals surface area contributed by atoms with E-state index in [1.165, 1.54) is 27.8 Å². The van der Waals surface area contributed by atoms with Crippen molar-refractivity contribution in [1.82, 2.24) is 0 Å². The van der Waals surface area contributed by atoms with Gasteiger partial charge in [0.25, 0.3) is 0 Å². The van der Waals surface area contributed by atoms with Crippen LogP contribution in [-0.4, -0.2) is 5.01 Å². The van der Waals surface area contributed by atoms with Crippen molar-refractivity contribution in [2.75, 3.05) is 0 Å². The van der Waals surface area contributed by atoms with E-state index in [-0.39, 0.29) is 5.01 Å². The number of fused-ring (bicyclic) bond motifs is 5. The van der Waals surface area contributed by atoms with E-state index in [1.54, 1.807) is 0 Å². The van der Waals surface area contributed by atoms with Crippen LogP contribution in [0.2, 0.25) is 0 Å². The molecule has 3 aliphatic rings. The first kappa shape index (κ1) is 19.8. The zero-order valence-corrected chi connectivity index (χ0v) is 19.8. The van der Waals surface area contributed by atoms with Crippen LogP contribution in [0.3, 0.4) is 0 Å². The molecule has 0 saturated heterocycles. The number of rotatable bonds is 0. The summed E-state index contributed by atoms with van der Waals surface area (Å²) in [4.78, 5) is 0. The molecule has 0 fully saturated rings. The van der Waals surface area contributed by atoms with Gasteiger partial charge in [-0.1, -0.05) is 40.6 Å². The van der Waals surface area contributed by atoms with Crippen LogP contribution in [0, 0.1) is 12.1 Å². The quantitative estimate of drug-likeness (QED) is 0.243. The molecule has 28 heavy (non-hydrogen) atoms. The average Bonchev–Trinajstić information content (AvgIpc) is 3.40. The molecule has 2 aliphatic carbocycles. The van der Waals surface area contributed by atoms with Gasteiger partial charge in [0.05, 0.1) is 5.76 Å². The molecule has 134 valence electrons. The predicted molar refractivity (Wildman–Crippen MR) is 115 cm³/mol. The van der Waals surface area contributed by atoms with Gasteiger partial charge in [-0.3, -0.25) is 0 Å². The third-order valence-electron chi connectivity index (χ3n) is 4.85. The number of halogens is 1. The second-order valence-corrected chi connectivity index (χ2v) is 7.37. The van der Waals surface area contributed by atoms with Crippen molar-refractivity contribution >= 4 is 36.6 Å². The van der Waals surface area contributed by atoms with Crippen LogP contribution in [0.15, 0.2) is 72.3 Å². The Morgan fingerprint density at radius 3 is 2.61 bits per heavy atom. The summed E-state index contributed by atoms with van der Waals surface area (Å²) < 4.78 is 5.60. The minimum atomic E-state index is 0.0297. The molecule has 1 heterocycles. The maximum atomic E-state index is 5.60. The van der Waals surface area contributed by atoms with Gasteiger partial charge < -0.3 is 4.74 Å². The zero-order valence-electron chi connectivity index (χ0n) is 14.9. The fraction of sp³-hybridized carbons (Fsp3) is 0.0833. The first-order valence-electron chi connectivity index (χ1n) is 8.83. The minimum absolute atomic E-state index is 0.0297. The molecule has 3 aromatic carbocycles. The van der Waals surface area contributed by atoms with Crippen molar-refractivity contribution in [3.63, 3.8) is 0 Å². The summed E-state index contributed by atoms with van der Waals surface area (Å²) in [7, 11) is 4.17. The molecule has 0 amide bonds. The number of benzene rings is 3. The van der Waals surface area contributed by atoms with Gasteiger partial charge >= 0.3 is 31.5 Å².